The van der Waals surface area contributed by atoms with Crippen molar-refractivity contribution in [3.8, 4) is 16.9 Å². The number of aromatic nitrogens is 1. The molecule has 6 nitrogen and oxygen atoms in total. The number of nitrogens with zero attached hydrogens (tertiary/aromatic N) is 2. The lowest BCUT2D eigenvalue weighted by Crippen LogP contribution is -2.14. The van der Waals surface area contributed by atoms with Crippen LogP contribution in [0, 0.1) is 12.7 Å². The van der Waals surface area contributed by atoms with E-state index in [0.29, 0.717) is 44.3 Å². The SMILES string of the molecule is CN=C(c1ccc(S(=O)(=O)Nc2cscn2)cc1C)c1cc(Cl)c(-c2cccc(F)c2)cc1OC. The molecular weight excluding hydrogens is 509 g/mol. The number of sulfonamides is 1. The summed E-state index contributed by atoms with van der Waals surface area (Å²) >= 11 is 7.90. The van der Waals surface area contributed by atoms with E-state index in [4.69, 9.17) is 16.3 Å². The average Bonchev–Trinajstić information content (AvgIpc) is 3.33. The van der Waals surface area contributed by atoms with Gasteiger partial charge in [0.1, 0.15) is 11.6 Å². The maximum Gasteiger partial charge on any atom is 0.263 e. The molecule has 10 heteroatoms. The van der Waals surface area contributed by atoms with Gasteiger partial charge in [0.15, 0.2) is 5.82 Å². The van der Waals surface area contributed by atoms with Crippen LogP contribution in [0.5, 0.6) is 5.75 Å². The fourth-order valence-corrected chi connectivity index (χ4v) is 5.61. The Balaban J connectivity index is 1.74. The smallest absolute Gasteiger partial charge is 0.263 e. The molecule has 0 aliphatic carbocycles. The molecule has 3 aromatic carbocycles. The van der Waals surface area contributed by atoms with Gasteiger partial charge in [-0.1, -0.05) is 29.8 Å². The lowest BCUT2D eigenvalue weighted by Gasteiger charge is -2.17. The Morgan fingerprint density at radius 3 is 2.57 bits per heavy atom. The number of aliphatic imine (C=N–C) groups is 1. The normalized spacial score (nSPS) is 12.0. The third-order valence-electron chi connectivity index (χ3n) is 5.34. The number of nitrogens with one attached hydrogen (secondary N) is 1. The number of hydrogen-bond donors (Lipinski definition) is 1. The number of anilines is 1. The van der Waals surface area contributed by atoms with Crippen molar-refractivity contribution in [2.45, 2.75) is 11.8 Å². The molecule has 0 fully saturated rings. The number of benzene rings is 3. The minimum atomic E-state index is -3.80. The molecule has 0 atom stereocenters. The van der Waals surface area contributed by atoms with Crippen LogP contribution >= 0.6 is 22.9 Å². The molecule has 0 spiro atoms. The van der Waals surface area contributed by atoms with Crippen molar-refractivity contribution in [2.75, 3.05) is 18.9 Å². The van der Waals surface area contributed by atoms with E-state index in [1.54, 1.807) is 61.3 Å². The predicted octanol–water partition coefficient (Wildman–Crippen LogP) is 6.19. The highest BCUT2D eigenvalue weighted by Gasteiger charge is 2.21. The van der Waals surface area contributed by atoms with Crippen LogP contribution in [0.15, 0.2) is 75.4 Å². The zero-order valence-corrected chi connectivity index (χ0v) is 21.4. The minimum absolute atomic E-state index is 0.105. The van der Waals surface area contributed by atoms with Gasteiger partial charge >= 0.3 is 0 Å². The summed E-state index contributed by atoms with van der Waals surface area (Å²) in [5, 5.41) is 2.02. The summed E-state index contributed by atoms with van der Waals surface area (Å²) in [5.41, 5.74) is 5.39. The molecule has 0 radical (unpaired) electrons. The van der Waals surface area contributed by atoms with Crippen LogP contribution in [0.4, 0.5) is 10.2 Å². The Morgan fingerprint density at radius 1 is 1.14 bits per heavy atom. The van der Waals surface area contributed by atoms with Crippen LogP contribution in [0.3, 0.4) is 0 Å². The molecule has 1 N–H and O–H groups in total. The first-order valence-corrected chi connectivity index (χ1v) is 13.2. The number of hydrogen-bond acceptors (Lipinski definition) is 6. The van der Waals surface area contributed by atoms with Crippen molar-refractivity contribution >= 4 is 44.5 Å². The van der Waals surface area contributed by atoms with E-state index >= 15 is 0 Å². The first-order valence-electron chi connectivity index (χ1n) is 10.4. The van der Waals surface area contributed by atoms with Crippen LogP contribution in [0.1, 0.15) is 16.7 Å². The second-order valence-electron chi connectivity index (χ2n) is 7.57. The van der Waals surface area contributed by atoms with Gasteiger partial charge in [0.2, 0.25) is 0 Å². The summed E-state index contributed by atoms with van der Waals surface area (Å²) in [7, 11) is -0.635. The van der Waals surface area contributed by atoms with Crippen LogP contribution in [-0.4, -0.2) is 33.3 Å². The Kier molecular flexibility index (Phi) is 7.20. The topological polar surface area (TPSA) is 80.7 Å². The van der Waals surface area contributed by atoms with E-state index in [-0.39, 0.29) is 16.5 Å². The number of aryl methyl sites for hydroxylation is 1. The number of methoxy groups -OCH3 is 1. The molecule has 1 aromatic heterocycles. The van der Waals surface area contributed by atoms with Gasteiger partial charge in [-0.15, -0.1) is 11.3 Å². The molecule has 0 saturated carbocycles. The molecule has 0 unspecified atom stereocenters. The first kappa shape index (κ1) is 24.8. The van der Waals surface area contributed by atoms with Crippen LogP contribution < -0.4 is 9.46 Å². The Labute approximate surface area is 212 Å². The highest BCUT2D eigenvalue weighted by molar-refractivity contribution is 7.92. The summed E-state index contributed by atoms with van der Waals surface area (Å²) in [4.78, 5) is 8.53. The van der Waals surface area contributed by atoms with E-state index in [0.717, 1.165) is 0 Å². The van der Waals surface area contributed by atoms with Gasteiger partial charge in [-0.2, -0.15) is 0 Å². The average molecular weight is 530 g/mol. The molecule has 0 bridgehead atoms. The summed E-state index contributed by atoms with van der Waals surface area (Å²) < 4.78 is 47.4. The zero-order valence-electron chi connectivity index (χ0n) is 19.0. The minimum Gasteiger partial charge on any atom is -0.496 e. The first-order chi connectivity index (χ1) is 16.7. The van der Waals surface area contributed by atoms with E-state index in [1.807, 2.05) is 0 Å². The fourth-order valence-electron chi connectivity index (χ4n) is 3.70. The lowest BCUT2D eigenvalue weighted by atomic mass is 9.95. The Morgan fingerprint density at radius 2 is 1.94 bits per heavy atom. The summed E-state index contributed by atoms with van der Waals surface area (Å²) in [5.74, 6) is 0.396. The van der Waals surface area contributed by atoms with E-state index < -0.39 is 10.0 Å². The van der Waals surface area contributed by atoms with Crippen molar-refractivity contribution in [1.29, 1.82) is 0 Å². The van der Waals surface area contributed by atoms with Crippen LogP contribution in [0.25, 0.3) is 11.1 Å². The van der Waals surface area contributed by atoms with Crippen molar-refractivity contribution < 1.29 is 17.5 Å². The van der Waals surface area contributed by atoms with E-state index in [9.17, 15) is 12.8 Å². The van der Waals surface area contributed by atoms with Crippen LogP contribution in [-0.2, 0) is 10.0 Å². The van der Waals surface area contributed by atoms with E-state index in [2.05, 4.69) is 14.7 Å². The number of halogens is 2. The van der Waals surface area contributed by atoms with Crippen LogP contribution in [0.2, 0.25) is 5.02 Å². The van der Waals surface area contributed by atoms with Crippen molar-refractivity contribution in [3.05, 3.63) is 93.0 Å². The second-order valence-corrected chi connectivity index (χ2v) is 10.4. The molecule has 4 rings (SSSR count). The molecule has 180 valence electrons. The highest BCUT2D eigenvalue weighted by atomic mass is 35.5. The Hall–Kier alpha value is -3.27. The van der Waals surface area contributed by atoms with Gasteiger partial charge in [0.25, 0.3) is 10.0 Å². The van der Waals surface area contributed by atoms with Gasteiger partial charge in [-0.25, -0.2) is 17.8 Å². The maximum absolute atomic E-state index is 13.8. The number of ether oxygens (including phenoxy) is 1. The highest BCUT2D eigenvalue weighted by Crippen LogP contribution is 2.36. The lowest BCUT2D eigenvalue weighted by molar-refractivity contribution is 0.414. The third kappa shape index (κ3) is 5.22. The summed E-state index contributed by atoms with van der Waals surface area (Å²) in [6, 6.07) is 14.4. The van der Waals surface area contributed by atoms with Crippen molar-refractivity contribution in [3.63, 3.8) is 0 Å². The predicted molar refractivity (Wildman–Crippen MR) is 139 cm³/mol. The van der Waals surface area contributed by atoms with Gasteiger partial charge in [-0.05, 0) is 54.4 Å². The fraction of sp³-hybridized carbons (Fsp3) is 0.120. The molecule has 1 heterocycles. The standard InChI is InChI=1S/C25H21ClFN3O3S2/c1-15-9-18(35(31,32)30-24-13-34-14-29-24)7-8-19(15)25(28-2)21-11-22(26)20(12-23(21)33-3)16-5-4-6-17(27)10-16/h4-14,30H,1-3H3. The van der Waals surface area contributed by atoms with Crippen molar-refractivity contribution in [2.24, 2.45) is 4.99 Å². The maximum atomic E-state index is 13.8. The van der Waals surface area contributed by atoms with Gasteiger partial charge in [-0.3, -0.25) is 9.71 Å². The molecule has 0 aliphatic heterocycles. The van der Waals surface area contributed by atoms with Gasteiger partial charge in [0, 0.05) is 34.1 Å². The van der Waals surface area contributed by atoms with Crippen molar-refractivity contribution in [1.82, 2.24) is 4.98 Å². The summed E-state index contributed by atoms with van der Waals surface area (Å²) in [6.45, 7) is 1.80. The van der Waals surface area contributed by atoms with Gasteiger partial charge in [0.05, 0.1) is 23.2 Å². The third-order valence-corrected chi connectivity index (χ3v) is 7.59. The number of thiazole rings is 1. The zero-order chi connectivity index (χ0) is 25.2. The number of rotatable bonds is 7. The molecule has 0 saturated heterocycles. The largest absolute Gasteiger partial charge is 0.496 e. The monoisotopic (exact) mass is 529 g/mol. The molecule has 4 aromatic rings. The molecule has 0 amide bonds. The summed E-state index contributed by atoms with van der Waals surface area (Å²) in [6.07, 6.45) is 0. The second kappa shape index (κ2) is 10.2. The van der Waals surface area contributed by atoms with Gasteiger partial charge < -0.3 is 4.74 Å². The molecule has 35 heavy (non-hydrogen) atoms. The quantitative estimate of drug-likeness (QED) is 0.289. The Bertz CT molecular complexity index is 1520. The molecule has 0 aliphatic rings. The molecular formula is C25H21ClFN3O3S2. The van der Waals surface area contributed by atoms with E-state index in [1.165, 1.54) is 36.6 Å².